The SMILES string of the molecule is CCOc1ccc(C(=O)NNC(=O)Cn2cccc(C(F)(F)F)c2=O)cc1. The van der Waals surface area contributed by atoms with E-state index in [4.69, 9.17) is 4.74 Å². The molecule has 0 atom stereocenters. The smallest absolute Gasteiger partial charge is 0.421 e. The summed E-state index contributed by atoms with van der Waals surface area (Å²) in [4.78, 5) is 35.5. The van der Waals surface area contributed by atoms with Gasteiger partial charge in [-0.2, -0.15) is 13.2 Å². The number of carbonyl (C=O) groups is 2. The fourth-order valence-corrected chi connectivity index (χ4v) is 2.14. The molecule has 1 aromatic carbocycles. The van der Waals surface area contributed by atoms with Crippen molar-refractivity contribution in [2.45, 2.75) is 19.6 Å². The lowest BCUT2D eigenvalue weighted by molar-refractivity contribution is -0.139. The van der Waals surface area contributed by atoms with Crippen LogP contribution in [0.3, 0.4) is 0 Å². The van der Waals surface area contributed by atoms with E-state index in [2.05, 4.69) is 5.43 Å². The molecule has 0 aliphatic rings. The number of benzene rings is 1. The van der Waals surface area contributed by atoms with Gasteiger partial charge in [-0.25, -0.2) is 0 Å². The van der Waals surface area contributed by atoms with Crippen molar-refractivity contribution in [1.29, 1.82) is 0 Å². The molecule has 0 saturated carbocycles. The topological polar surface area (TPSA) is 89.4 Å². The number of alkyl halides is 3. The van der Waals surface area contributed by atoms with Gasteiger partial charge in [0.05, 0.1) is 6.61 Å². The first kappa shape index (κ1) is 20.0. The first-order chi connectivity index (χ1) is 12.7. The Balaban J connectivity index is 1.96. The molecule has 1 heterocycles. The predicted octanol–water partition coefficient (Wildman–Crippen LogP) is 1.73. The third-order valence-corrected chi connectivity index (χ3v) is 3.38. The van der Waals surface area contributed by atoms with E-state index < -0.39 is 35.7 Å². The van der Waals surface area contributed by atoms with Gasteiger partial charge in [0.25, 0.3) is 17.4 Å². The lowest BCUT2D eigenvalue weighted by atomic mass is 10.2. The van der Waals surface area contributed by atoms with Gasteiger partial charge in [-0.3, -0.25) is 25.2 Å². The summed E-state index contributed by atoms with van der Waals surface area (Å²) < 4.78 is 43.9. The molecule has 7 nitrogen and oxygen atoms in total. The highest BCUT2D eigenvalue weighted by Crippen LogP contribution is 2.25. The molecule has 2 amide bonds. The van der Waals surface area contributed by atoms with Gasteiger partial charge >= 0.3 is 6.18 Å². The number of nitrogens with zero attached hydrogens (tertiary/aromatic N) is 1. The highest BCUT2D eigenvalue weighted by Gasteiger charge is 2.34. The Morgan fingerprint density at radius 2 is 1.78 bits per heavy atom. The van der Waals surface area contributed by atoms with Crippen LogP contribution in [0.25, 0.3) is 0 Å². The summed E-state index contributed by atoms with van der Waals surface area (Å²) in [6.45, 7) is 1.59. The number of amides is 2. The molecule has 0 unspecified atom stereocenters. The molecule has 2 aromatic rings. The van der Waals surface area contributed by atoms with Crippen molar-refractivity contribution < 1.29 is 27.5 Å². The van der Waals surface area contributed by atoms with Gasteiger partial charge in [0.2, 0.25) is 0 Å². The van der Waals surface area contributed by atoms with Gasteiger partial charge in [-0.15, -0.1) is 0 Å². The molecule has 0 bridgehead atoms. The maximum Gasteiger partial charge on any atom is 0.421 e. The summed E-state index contributed by atoms with van der Waals surface area (Å²) in [5, 5.41) is 0. The van der Waals surface area contributed by atoms with E-state index in [9.17, 15) is 27.6 Å². The second-order valence-electron chi connectivity index (χ2n) is 5.31. The van der Waals surface area contributed by atoms with E-state index in [-0.39, 0.29) is 5.56 Å². The molecule has 2 rings (SSSR count). The number of nitrogens with one attached hydrogen (secondary N) is 2. The average molecular weight is 383 g/mol. The minimum Gasteiger partial charge on any atom is -0.494 e. The van der Waals surface area contributed by atoms with E-state index in [1.165, 1.54) is 12.1 Å². The van der Waals surface area contributed by atoms with Crippen molar-refractivity contribution in [3.63, 3.8) is 0 Å². The van der Waals surface area contributed by atoms with Crippen molar-refractivity contribution >= 4 is 11.8 Å². The fourth-order valence-electron chi connectivity index (χ4n) is 2.14. The number of pyridine rings is 1. The Morgan fingerprint density at radius 1 is 1.11 bits per heavy atom. The Hall–Kier alpha value is -3.30. The second-order valence-corrected chi connectivity index (χ2v) is 5.31. The number of carbonyl (C=O) groups excluding carboxylic acids is 2. The van der Waals surface area contributed by atoms with E-state index in [0.29, 0.717) is 23.0 Å². The van der Waals surface area contributed by atoms with Crippen molar-refractivity contribution in [3.05, 3.63) is 64.1 Å². The Morgan fingerprint density at radius 3 is 2.37 bits per heavy atom. The molecule has 0 radical (unpaired) electrons. The van der Waals surface area contributed by atoms with Gasteiger partial charge in [-0.1, -0.05) is 0 Å². The summed E-state index contributed by atoms with van der Waals surface area (Å²) in [6.07, 6.45) is -3.77. The lowest BCUT2D eigenvalue weighted by Crippen LogP contribution is -2.44. The highest BCUT2D eigenvalue weighted by molar-refractivity contribution is 5.95. The monoisotopic (exact) mass is 383 g/mol. The number of hydrogen-bond acceptors (Lipinski definition) is 4. The van der Waals surface area contributed by atoms with E-state index in [1.807, 2.05) is 12.3 Å². The lowest BCUT2D eigenvalue weighted by Gasteiger charge is -2.11. The number of halogens is 3. The van der Waals surface area contributed by atoms with Gasteiger partial charge in [0.1, 0.15) is 17.9 Å². The largest absolute Gasteiger partial charge is 0.494 e. The van der Waals surface area contributed by atoms with Crippen molar-refractivity contribution in [1.82, 2.24) is 15.4 Å². The third-order valence-electron chi connectivity index (χ3n) is 3.38. The van der Waals surface area contributed by atoms with Crippen LogP contribution in [0, 0.1) is 0 Å². The van der Waals surface area contributed by atoms with Crippen LogP contribution in [0.2, 0.25) is 0 Å². The first-order valence-electron chi connectivity index (χ1n) is 7.81. The number of rotatable bonds is 5. The van der Waals surface area contributed by atoms with Gasteiger partial charge in [-0.05, 0) is 43.3 Å². The Kier molecular flexibility index (Phi) is 6.22. The molecule has 10 heteroatoms. The summed E-state index contributed by atoms with van der Waals surface area (Å²) in [5.41, 5.74) is 1.67. The van der Waals surface area contributed by atoms with Crippen molar-refractivity contribution in [3.8, 4) is 5.75 Å². The molecule has 0 aliphatic heterocycles. The van der Waals surface area contributed by atoms with Crippen LogP contribution >= 0.6 is 0 Å². The molecule has 2 N–H and O–H groups in total. The normalized spacial score (nSPS) is 11.0. The zero-order chi connectivity index (χ0) is 20.0. The molecule has 1 aromatic heterocycles. The maximum atomic E-state index is 12.7. The zero-order valence-corrected chi connectivity index (χ0v) is 14.2. The van der Waals surface area contributed by atoms with Crippen LogP contribution in [-0.2, 0) is 17.5 Å². The maximum absolute atomic E-state index is 12.7. The quantitative estimate of drug-likeness (QED) is 0.770. The van der Waals surface area contributed by atoms with Crippen molar-refractivity contribution in [2.24, 2.45) is 0 Å². The molecular formula is C17H16F3N3O4. The molecule has 0 fully saturated rings. The van der Waals surface area contributed by atoms with Gasteiger partial charge in [0.15, 0.2) is 0 Å². The number of hydrogen-bond donors (Lipinski definition) is 2. The summed E-state index contributed by atoms with van der Waals surface area (Å²) in [5.74, 6) is -0.930. The highest BCUT2D eigenvalue weighted by atomic mass is 19.4. The van der Waals surface area contributed by atoms with Crippen LogP contribution < -0.4 is 21.1 Å². The van der Waals surface area contributed by atoms with Gasteiger partial charge < -0.3 is 9.30 Å². The van der Waals surface area contributed by atoms with E-state index >= 15 is 0 Å². The van der Waals surface area contributed by atoms with Crippen LogP contribution in [0.4, 0.5) is 13.2 Å². The standard InChI is InChI=1S/C17H16F3N3O4/c1-2-27-12-7-5-11(6-8-12)15(25)22-21-14(24)10-23-9-3-4-13(16(23)26)17(18,19)20/h3-9H,2,10H2,1H3,(H,21,24)(H,22,25). The summed E-state index contributed by atoms with van der Waals surface area (Å²) >= 11 is 0. The van der Waals surface area contributed by atoms with Gasteiger partial charge in [0, 0.05) is 11.8 Å². The minimum absolute atomic E-state index is 0.231. The molecule has 27 heavy (non-hydrogen) atoms. The predicted molar refractivity (Wildman–Crippen MR) is 88.9 cm³/mol. The first-order valence-corrected chi connectivity index (χ1v) is 7.81. The zero-order valence-electron chi connectivity index (χ0n) is 14.2. The summed E-state index contributed by atoms with van der Waals surface area (Å²) in [6, 6.07) is 7.73. The minimum atomic E-state index is -4.82. The average Bonchev–Trinajstić information content (AvgIpc) is 2.61. The second kappa shape index (κ2) is 8.39. The van der Waals surface area contributed by atoms with E-state index in [0.717, 1.165) is 12.3 Å². The van der Waals surface area contributed by atoms with Crippen molar-refractivity contribution in [2.75, 3.05) is 6.61 Å². The Bertz CT molecular complexity index is 876. The van der Waals surface area contributed by atoms with Crippen LogP contribution in [0.5, 0.6) is 5.75 Å². The molecule has 144 valence electrons. The number of aromatic nitrogens is 1. The summed E-state index contributed by atoms with van der Waals surface area (Å²) in [7, 11) is 0. The Labute approximate surface area is 151 Å². The number of ether oxygens (including phenoxy) is 1. The molecular weight excluding hydrogens is 367 g/mol. The molecule has 0 spiro atoms. The van der Waals surface area contributed by atoms with Crippen LogP contribution in [0.15, 0.2) is 47.4 Å². The van der Waals surface area contributed by atoms with Crippen LogP contribution in [-0.4, -0.2) is 23.0 Å². The van der Waals surface area contributed by atoms with Crippen LogP contribution in [0.1, 0.15) is 22.8 Å². The number of hydrazine groups is 1. The third kappa shape index (κ3) is 5.33. The molecule has 0 aliphatic carbocycles. The molecule has 0 saturated heterocycles. The van der Waals surface area contributed by atoms with E-state index in [1.54, 1.807) is 12.1 Å². The fraction of sp³-hybridized carbons (Fsp3) is 0.235.